The van der Waals surface area contributed by atoms with Crippen LogP contribution in [0, 0.1) is 13.8 Å². The molecule has 0 aliphatic carbocycles. The van der Waals surface area contributed by atoms with Crippen LogP contribution in [0.5, 0.6) is 5.75 Å². The lowest BCUT2D eigenvalue weighted by molar-refractivity contribution is 0.265. The maximum atomic E-state index is 5.74. The second kappa shape index (κ2) is 4.61. The first-order valence-corrected chi connectivity index (χ1v) is 6.56. The van der Waals surface area contributed by atoms with Crippen molar-refractivity contribution in [3.63, 3.8) is 0 Å². The zero-order chi connectivity index (χ0) is 13.4. The SMILES string of the molecule is Cc1nc(CN2c3ccccc3OCC2C)oc1C. The summed E-state index contributed by atoms with van der Waals surface area (Å²) in [5.74, 6) is 2.59. The number of rotatable bonds is 2. The van der Waals surface area contributed by atoms with E-state index in [0.717, 1.165) is 28.8 Å². The summed E-state index contributed by atoms with van der Waals surface area (Å²) in [6.45, 7) is 7.44. The van der Waals surface area contributed by atoms with Crippen LogP contribution in [0.15, 0.2) is 28.7 Å². The van der Waals surface area contributed by atoms with Gasteiger partial charge in [-0.15, -0.1) is 0 Å². The largest absolute Gasteiger partial charge is 0.489 e. The normalized spacial score (nSPS) is 18.1. The van der Waals surface area contributed by atoms with Crippen molar-refractivity contribution in [2.75, 3.05) is 11.5 Å². The Bertz CT molecular complexity index is 572. The number of fused-ring (bicyclic) bond motifs is 1. The quantitative estimate of drug-likeness (QED) is 0.829. The molecule has 2 heterocycles. The molecule has 1 aromatic carbocycles. The lowest BCUT2D eigenvalue weighted by Crippen LogP contribution is -2.40. The van der Waals surface area contributed by atoms with Crippen molar-refractivity contribution in [1.29, 1.82) is 0 Å². The van der Waals surface area contributed by atoms with E-state index in [1.54, 1.807) is 0 Å². The summed E-state index contributed by atoms with van der Waals surface area (Å²) in [4.78, 5) is 6.74. The maximum Gasteiger partial charge on any atom is 0.214 e. The molecule has 4 nitrogen and oxygen atoms in total. The zero-order valence-corrected chi connectivity index (χ0v) is 11.5. The van der Waals surface area contributed by atoms with Gasteiger partial charge in [0.1, 0.15) is 18.1 Å². The predicted octanol–water partition coefficient (Wildman–Crippen LogP) is 3.08. The minimum absolute atomic E-state index is 0.308. The maximum absolute atomic E-state index is 5.74. The van der Waals surface area contributed by atoms with Crippen LogP contribution >= 0.6 is 0 Å². The molecule has 1 aliphatic heterocycles. The van der Waals surface area contributed by atoms with Crippen LogP contribution < -0.4 is 9.64 Å². The van der Waals surface area contributed by atoms with Crippen LogP contribution in [0.1, 0.15) is 24.3 Å². The summed E-state index contributed by atoms with van der Waals surface area (Å²) in [7, 11) is 0. The van der Waals surface area contributed by atoms with Crippen LogP contribution in [0.2, 0.25) is 0 Å². The van der Waals surface area contributed by atoms with Gasteiger partial charge >= 0.3 is 0 Å². The first-order chi connectivity index (χ1) is 9.15. The Morgan fingerprint density at radius 3 is 2.84 bits per heavy atom. The molecule has 0 fully saturated rings. The van der Waals surface area contributed by atoms with E-state index in [0.29, 0.717) is 19.2 Å². The van der Waals surface area contributed by atoms with E-state index < -0.39 is 0 Å². The molecule has 19 heavy (non-hydrogen) atoms. The summed E-state index contributed by atoms with van der Waals surface area (Å²) < 4.78 is 11.4. The Morgan fingerprint density at radius 2 is 2.11 bits per heavy atom. The number of ether oxygens (including phenoxy) is 1. The summed E-state index contributed by atoms with van der Waals surface area (Å²) in [5.41, 5.74) is 2.07. The summed E-state index contributed by atoms with van der Waals surface area (Å²) >= 11 is 0. The molecule has 4 heteroatoms. The Labute approximate surface area is 113 Å². The topological polar surface area (TPSA) is 38.5 Å². The van der Waals surface area contributed by atoms with Gasteiger partial charge in [0.05, 0.1) is 24.0 Å². The van der Waals surface area contributed by atoms with Gasteiger partial charge < -0.3 is 14.1 Å². The fourth-order valence-corrected chi connectivity index (χ4v) is 2.35. The van der Waals surface area contributed by atoms with Crippen molar-refractivity contribution in [2.24, 2.45) is 0 Å². The van der Waals surface area contributed by atoms with E-state index >= 15 is 0 Å². The fraction of sp³-hybridized carbons (Fsp3) is 0.400. The molecular weight excluding hydrogens is 240 g/mol. The van der Waals surface area contributed by atoms with Crippen LogP contribution in [0.3, 0.4) is 0 Å². The van der Waals surface area contributed by atoms with Crippen molar-refractivity contribution in [3.8, 4) is 5.75 Å². The Hall–Kier alpha value is -1.97. The molecule has 3 rings (SSSR count). The van der Waals surface area contributed by atoms with E-state index in [2.05, 4.69) is 22.9 Å². The highest BCUT2D eigenvalue weighted by Gasteiger charge is 2.25. The van der Waals surface area contributed by atoms with Crippen molar-refractivity contribution in [3.05, 3.63) is 41.6 Å². The molecule has 0 saturated carbocycles. The molecule has 1 aromatic heterocycles. The molecule has 0 saturated heterocycles. The first kappa shape index (κ1) is 12.1. The molecule has 0 radical (unpaired) electrons. The lowest BCUT2D eigenvalue weighted by Gasteiger charge is -2.35. The summed E-state index contributed by atoms with van der Waals surface area (Å²) in [6, 6.07) is 8.40. The van der Waals surface area contributed by atoms with Crippen LogP contribution in [0.4, 0.5) is 5.69 Å². The standard InChI is InChI=1S/C15H18N2O2/c1-10-9-18-14-7-5-4-6-13(14)17(10)8-15-16-11(2)12(3)19-15/h4-7,10H,8-9H2,1-3H3. The number of para-hydroxylation sites is 2. The highest BCUT2D eigenvalue weighted by Crippen LogP contribution is 2.34. The van der Waals surface area contributed by atoms with Crippen molar-refractivity contribution < 1.29 is 9.15 Å². The molecule has 0 amide bonds. The monoisotopic (exact) mass is 258 g/mol. The van der Waals surface area contributed by atoms with E-state index in [1.165, 1.54) is 0 Å². The third kappa shape index (κ3) is 2.18. The molecule has 1 atom stereocenters. The van der Waals surface area contributed by atoms with E-state index in [4.69, 9.17) is 9.15 Å². The first-order valence-electron chi connectivity index (χ1n) is 6.56. The van der Waals surface area contributed by atoms with Crippen molar-refractivity contribution >= 4 is 5.69 Å². The Balaban J connectivity index is 1.91. The molecule has 2 aromatic rings. The Morgan fingerprint density at radius 1 is 1.32 bits per heavy atom. The van der Waals surface area contributed by atoms with Gasteiger partial charge in [-0.3, -0.25) is 0 Å². The van der Waals surface area contributed by atoms with Crippen molar-refractivity contribution in [2.45, 2.75) is 33.4 Å². The van der Waals surface area contributed by atoms with E-state index in [9.17, 15) is 0 Å². The molecular formula is C15H18N2O2. The van der Waals surface area contributed by atoms with Gasteiger partial charge in [-0.2, -0.15) is 0 Å². The number of hydrogen-bond donors (Lipinski definition) is 0. The minimum Gasteiger partial charge on any atom is -0.489 e. The smallest absolute Gasteiger partial charge is 0.214 e. The number of nitrogens with zero attached hydrogens (tertiary/aromatic N) is 2. The number of aryl methyl sites for hydroxylation is 2. The van der Waals surface area contributed by atoms with Gasteiger partial charge in [0.15, 0.2) is 0 Å². The average Bonchev–Trinajstić information content (AvgIpc) is 2.72. The van der Waals surface area contributed by atoms with Gasteiger partial charge in [0.2, 0.25) is 5.89 Å². The van der Waals surface area contributed by atoms with Crippen LogP contribution in [0.25, 0.3) is 0 Å². The van der Waals surface area contributed by atoms with Gasteiger partial charge in [-0.25, -0.2) is 4.98 Å². The van der Waals surface area contributed by atoms with Crippen molar-refractivity contribution in [1.82, 2.24) is 4.98 Å². The summed E-state index contributed by atoms with van der Waals surface area (Å²) in [5, 5.41) is 0. The average molecular weight is 258 g/mol. The number of anilines is 1. The summed E-state index contributed by atoms with van der Waals surface area (Å²) in [6.07, 6.45) is 0. The van der Waals surface area contributed by atoms with E-state index in [1.807, 2.05) is 32.0 Å². The highest BCUT2D eigenvalue weighted by atomic mass is 16.5. The molecule has 1 aliphatic rings. The lowest BCUT2D eigenvalue weighted by atomic mass is 10.1. The van der Waals surface area contributed by atoms with Gasteiger partial charge in [-0.05, 0) is 32.9 Å². The van der Waals surface area contributed by atoms with Crippen LogP contribution in [-0.2, 0) is 6.54 Å². The third-order valence-electron chi connectivity index (χ3n) is 3.57. The molecule has 0 N–H and O–H groups in total. The molecule has 100 valence electrons. The minimum atomic E-state index is 0.308. The van der Waals surface area contributed by atoms with Gasteiger partial charge in [0, 0.05) is 0 Å². The van der Waals surface area contributed by atoms with Gasteiger partial charge in [0.25, 0.3) is 0 Å². The second-order valence-corrected chi connectivity index (χ2v) is 5.00. The zero-order valence-electron chi connectivity index (χ0n) is 11.5. The molecule has 1 unspecified atom stereocenters. The number of hydrogen-bond acceptors (Lipinski definition) is 4. The second-order valence-electron chi connectivity index (χ2n) is 5.00. The number of oxazole rings is 1. The third-order valence-corrected chi connectivity index (χ3v) is 3.57. The fourth-order valence-electron chi connectivity index (χ4n) is 2.35. The molecule has 0 spiro atoms. The number of aromatic nitrogens is 1. The Kier molecular flexibility index (Phi) is 2.93. The molecule has 0 bridgehead atoms. The van der Waals surface area contributed by atoms with Gasteiger partial charge in [-0.1, -0.05) is 12.1 Å². The predicted molar refractivity (Wildman–Crippen MR) is 73.6 cm³/mol. The van der Waals surface area contributed by atoms with Crippen LogP contribution in [-0.4, -0.2) is 17.6 Å². The highest BCUT2D eigenvalue weighted by molar-refractivity contribution is 5.60. The number of benzene rings is 1. The van der Waals surface area contributed by atoms with E-state index in [-0.39, 0.29) is 0 Å².